The molecule has 118 valence electrons. The number of carbonyl (C=O) groups is 1. The average molecular weight is 310 g/mol. The van der Waals surface area contributed by atoms with Crippen molar-refractivity contribution in [3.63, 3.8) is 0 Å². The number of likely N-dealkylation sites (tertiary alicyclic amines) is 1. The Morgan fingerprint density at radius 2 is 2.35 bits per heavy atom. The van der Waals surface area contributed by atoms with E-state index in [1.54, 1.807) is 29.2 Å². The van der Waals surface area contributed by atoms with Crippen molar-refractivity contribution in [3.8, 4) is 6.07 Å². The minimum absolute atomic E-state index is 0.0944. The van der Waals surface area contributed by atoms with Gasteiger partial charge < -0.3 is 9.42 Å². The fourth-order valence-electron chi connectivity index (χ4n) is 2.87. The Balaban J connectivity index is 1.88. The quantitative estimate of drug-likeness (QED) is 0.870. The van der Waals surface area contributed by atoms with Crippen molar-refractivity contribution in [1.82, 2.24) is 15.0 Å². The Morgan fingerprint density at radius 1 is 1.48 bits per heavy atom. The van der Waals surface area contributed by atoms with E-state index in [1.807, 2.05) is 6.92 Å². The number of hydrogen-bond acceptors (Lipinski definition) is 5. The zero-order valence-corrected chi connectivity index (χ0v) is 13.0. The molecule has 6 heteroatoms. The third kappa shape index (κ3) is 3.09. The number of carbonyl (C=O) groups excluding carboxylic acids is 1. The highest BCUT2D eigenvalue weighted by Crippen LogP contribution is 2.31. The van der Waals surface area contributed by atoms with Crippen LogP contribution in [0.4, 0.5) is 0 Å². The summed E-state index contributed by atoms with van der Waals surface area (Å²) in [7, 11) is 0. The fraction of sp³-hybridized carbons (Fsp3) is 0.412. The Labute approximate surface area is 134 Å². The van der Waals surface area contributed by atoms with E-state index in [-0.39, 0.29) is 11.9 Å². The van der Waals surface area contributed by atoms with Gasteiger partial charge in [0.05, 0.1) is 11.6 Å². The second-order valence-electron chi connectivity index (χ2n) is 5.61. The first-order chi connectivity index (χ1) is 11.2. The lowest BCUT2D eigenvalue weighted by molar-refractivity contribution is 0.0561. The molecule has 2 heterocycles. The van der Waals surface area contributed by atoms with Gasteiger partial charge in [-0.15, -0.1) is 0 Å². The zero-order chi connectivity index (χ0) is 16.2. The van der Waals surface area contributed by atoms with Crippen molar-refractivity contribution in [3.05, 3.63) is 47.1 Å². The molecule has 0 bridgehead atoms. The summed E-state index contributed by atoms with van der Waals surface area (Å²) in [6.45, 7) is 2.62. The summed E-state index contributed by atoms with van der Waals surface area (Å²) in [6.07, 6.45) is 3.49. The Hall–Kier alpha value is -2.68. The van der Waals surface area contributed by atoms with Gasteiger partial charge in [-0.2, -0.15) is 10.2 Å². The van der Waals surface area contributed by atoms with Gasteiger partial charge in [0.2, 0.25) is 5.89 Å². The molecule has 2 aromatic rings. The number of aryl methyl sites for hydroxylation is 1. The lowest BCUT2D eigenvalue weighted by atomic mass is 10.00. The molecule has 1 aliphatic rings. The average Bonchev–Trinajstić information content (AvgIpc) is 3.10. The number of hydrogen-bond donors (Lipinski definition) is 0. The highest BCUT2D eigenvalue weighted by molar-refractivity contribution is 5.94. The first-order valence-electron chi connectivity index (χ1n) is 7.86. The number of amides is 1. The summed E-state index contributed by atoms with van der Waals surface area (Å²) in [6, 6.07) is 8.66. The molecular weight excluding hydrogens is 292 g/mol. The second kappa shape index (κ2) is 6.61. The van der Waals surface area contributed by atoms with Crippen molar-refractivity contribution >= 4 is 5.91 Å². The third-order valence-corrected chi connectivity index (χ3v) is 4.09. The highest BCUT2D eigenvalue weighted by Gasteiger charge is 2.32. The predicted molar refractivity (Wildman–Crippen MR) is 82.5 cm³/mol. The molecule has 0 aliphatic carbocycles. The summed E-state index contributed by atoms with van der Waals surface area (Å²) in [5.41, 5.74) is 1.00. The lowest BCUT2D eigenvalue weighted by Crippen LogP contribution is -2.38. The van der Waals surface area contributed by atoms with E-state index >= 15 is 0 Å². The Morgan fingerprint density at radius 3 is 3.09 bits per heavy atom. The van der Waals surface area contributed by atoms with Gasteiger partial charge in [0, 0.05) is 18.5 Å². The molecule has 1 atom stereocenters. The van der Waals surface area contributed by atoms with Gasteiger partial charge >= 0.3 is 0 Å². The normalized spacial score (nSPS) is 17.7. The van der Waals surface area contributed by atoms with Crippen molar-refractivity contribution in [2.45, 2.75) is 38.6 Å². The van der Waals surface area contributed by atoms with E-state index < -0.39 is 0 Å². The number of rotatable bonds is 3. The van der Waals surface area contributed by atoms with Crippen molar-refractivity contribution in [2.75, 3.05) is 6.54 Å². The third-order valence-electron chi connectivity index (χ3n) is 4.09. The van der Waals surface area contributed by atoms with Crippen molar-refractivity contribution in [2.24, 2.45) is 0 Å². The van der Waals surface area contributed by atoms with E-state index in [4.69, 9.17) is 9.78 Å². The molecule has 1 fully saturated rings. The summed E-state index contributed by atoms with van der Waals surface area (Å²) in [4.78, 5) is 19.0. The monoisotopic (exact) mass is 310 g/mol. The fourth-order valence-corrected chi connectivity index (χ4v) is 2.87. The SMILES string of the molecule is CCc1noc(C2CCCCN2C(=O)c2cccc(C#N)c2)n1. The Kier molecular flexibility index (Phi) is 4.38. The van der Waals surface area contributed by atoms with Crippen LogP contribution in [0.25, 0.3) is 0 Å². The van der Waals surface area contributed by atoms with Crippen LogP contribution < -0.4 is 0 Å². The van der Waals surface area contributed by atoms with Crippen LogP contribution in [-0.4, -0.2) is 27.5 Å². The molecule has 6 nitrogen and oxygen atoms in total. The first-order valence-corrected chi connectivity index (χ1v) is 7.86. The summed E-state index contributed by atoms with van der Waals surface area (Å²) >= 11 is 0. The van der Waals surface area contributed by atoms with Crippen LogP contribution in [0.5, 0.6) is 0 Å². The van der Waals surface area contributed by atoms with Gasteiger partial charge in [-0.25, -0.2) is 0 Å². The van der Waals surface area contributed by atoms with Gasteiger partial charge in [0.25, 0.3) is 5.91 Å². The molecule has 1 unspecified atom stereocenters. The van der Waals surface area contributed by atoms with Gasteiger partial charge in [-0.3, -0.25) is 4.79 Å². The molecule has 0 radical (unpaired) electrons. The predicted octanol–water partition coefficient (Wildman–Crippen LogP) is 2.87. The van der Waals surface area contributed by atoms with Gasteiger partial charge in [0.15, 0.2) is 5.82 Å². The highest BCUT2D eigenvalue weighted by atomic mass is 16.5. The summed E-state index contributed by atoms with van der Waals surface area (Å²) in [5.74, 6) is 1.07. The zero-order valence-electron chi connectivity index (χ0n) is 13.0. The topological polar surface area (TPSA) is 83.0 Å². The van der Waals surface area contributed by atoms with Crippen LogP contribution in [-0.2, 0) is 6.42 Å². The van der Waals surface area contributed by atoms with Crippen LogP contribution in [0.1, 0.15) is 59.9 Å². The van der Waals surface area contributed by atoms with Gasteiger partial charge in [-0.05, 0) is 37.5 Å². The summed E-state index contributed by atoms with van der Waals surface area (Å²) < 4.78 is 5.35. The molecule has 0 spiro atoms. The Bertz CT molecular complexity index is 747. The van der Waals surface area contributed by atoms with Gasteiger partial charge in [0.1, 0.15) is 6.04 Å². The molecule has 1 saturated heterocycles. The minimum Gasteiger partial charge on any atom is -0.337 e. The standard InChI is InChI=1S/C17H18N4O2/c1-2-15-19-16(23-20-15)14-8-3-4-9-21(14)17(22)13-7-5-6-12(10-13)11-18/h5-7,10,14H,2-4,8-9H2,1H3. The van der Waals surface area contributed by atoms with E-state index in [0.717, 1.165) is 19.3 Å². The number of aromatic nitrogens is 2. The van der Waals surface area contributed by atoms with E-state index in [2.05, 4.69) is 16.2 Å². The molecule has 0 saturated carbocycles. The largest absolute Gasteiger partial charge is 0.337 e. The van der Waals surface area contributed by atoms with Crippen molar-refractivity contribution in [1.29, 1.82) is 5.26 Å². The first kappa shape index (κ1) is 15.2. The van der Waals surface area contributed by atoms with Crippen LogP contribution in [0, 0.1) is 11.3 Å². The van der Waals surface area contributed by atoms with Crippen LogP contribution in [0.3, 0.4) is 0 Å². The van der Waals surface area contributed by atoms with E-state index in [0.29, 0.717) is 35.8 Å². The van der Waals surface area contributed by atoms with Crippen LogP contribution >= 0.6 is 0 Å². The molecule has 1 amide bonds. The number of piperidine rings is 1. The smallest absolute Gasteiger partial charge is 0.254 e. The molecule has 23 heavy (non-hydrogen) atoms. The molecule has 1 aromatic carbocycles. The minimum atomic E-state index is -0.185. The maximum Gasteiger partial charge on any atom is 0.254 e. The molecule has 1 aliphatic heterocycles. The number of nitriles is 1. The molecule has 1 aromatic heterocycles. The molecule has 0 N–H and O–H groups in total. The van der Waals surface area contributed by atoms with E-state index in [9.17, 15) is 4.79 Å². The number of nitrogens with zero attached hydrogens (tertiary/aromatic N) is 4. The second-order valence-corrected chi connectivity index (χ2v) is 5.61. The molecule has 3 rings (SSSR count). The molecular formula is C17H18N4O2. The maximum absolute atomic E-state index is 12.9. The van der Waals surface area contributed by atoms with Crippen molar-refractivity contribution < 1.29 is 9.32 Å². The van der Waals surface area contributed by atoms with E-state index in [1.165, 1.54) is 0 Å². The summed E-state index contributed by atoms with van der Waals surface area (Å²) in [5, 5.41) is 12.9. The van der Waals surface area contributed by atoms with Gasteiger partial charge in [-0.1, -0.05) is 18.1 Å². The van der Waals surface area contributed by atoms with Crippen LogP contribution in [0.2, 0.25) is 0 Å². The number of benzene rings is 1. The van der Waals surface area contributed by atoms with Crippen LogP contribution in [0.15, 0.2) is 28.8 Å². The maximum atomic E-state index is 12.9. The lowest BCUT2D eigenvalue weighted by Gasteiger charge is -2.33.